The van der Waals surface area contributed by atoms with Crippen molar-refractivity contribution in [2.24, 2.45) is 0 Å². The van der Waals surface area contributed by atoms with Crippen molar-refractivity contribution in [3.8, 4) is 5.69 Å². The third-order valence-electron chi connectivity index (χ3n) is 3.54. The van der Waals surface area contributed by atoms with Gasteiger partial charge in [-0.3, -0.25) is 4.79 Å². The number of carbonyl (C=O) groups excluding carboxylic acids is 2. The van der Waals surface area contributed by atoms with Gasteiger partial charge in [-0.2, -0.15) is 0 Å². The first kappa shape index (κ1) is 18.0. The van der Waals surface area contributed by atoms with Crippen molar-refractivity contribution in [1.29, 1.82) is 0 Å². The topological polar surface area (TPSA) is 60.3 Å². The molecule has 1 N–H and O–H groups in total. The molecule has 2 aromatic carbocycles. The Bertz CT molecular complexity index is 922. The quantitative estimate of drug-likeness (QED) is 0.650. The highest BCUT2D eigenvalue weighted by atomic mass is 35.5. The summed E-state index contributed by atoms with van der Waals surface area (Å²) in [7, 11) is 0. The standard InChI is InChI=1S/C19H14Cl2N2O3/c20-14-5-8-16(21)17(11-14)22-18(24)12-26-19(25)13-3-6-15(7-4-13)23-9-1-2-10-23/h1-11H,12H2,(H,22,24). The minimum Gasteiger partial charge on any atom is -0.452 e. The summed E-state index contributed by atoms with van der Waals surface area (Å²) in [6.07, 6.45) is 3.80. The molecule has 0 fully saturated rings. The second-order valence-corrected chi connectivity index (χ2v) is 6.23. The van der Waals surface area contributed by atoms with Crippen LogP contribution in [-0.4, -0.2) is 23.1 Å². The molecule has 0 saturated heterocycles. The fraction of sp³-hybridized carbons (Fsp3) is 0.0526. The maximum absolute atomic E-state index is 12.1. The molecule has 1 aromatic heterocycles. The van der Waals surface area contributed by atoms with E-state index in [4.69, 9.17) is 27.9 Å². The number of aromatic nitrogens is 1. The number of hydrogen-bond donors (Lipinski definition) is 1. The van der Waals surface area contributed by atoms with E-state index in [9.17, 15) is 9.59 Å². The summed E-state index contributed by atoms with van der Waals surface area (Å²) in [4.78, 5) is 24.0. The molecule has 0 radical (unpaired) electrons. The smallest absolute Gasteiger partial charge is 0.338 e. The van der Waals surface area contributed by atoms with Crippen LogP contribution in [0.4, 0.5) is 5.69 Å². The molecule has 26 heavy (non-hydrogen) atoms. The second kappa shape index (κ2) is 8.08. The lowest BCUT2D eigenvalue weighted by atomic mass is 10.2. The molecule has 0 aliphatic rings. The highest BCUT2D eigenvalue weighted by molar-refractivity contribution is 6.35. The van der Waals surface area contributed by atoms with Crippen LogP contribution in [0.1, 0.15) is 10.4 Å². The van der Waals surface area contributed by atoms with Crippen molar-refractivity contribution in [3.63, 3.8) is 0 Å². The number of esters is 1. The van der Waals surface area contributed by atoms with E-state index in [2.05, 4.69) is 5.32 Å². The van der Waals surface area contributed by atoms with Crippen molar-refractivity contribution in [2.45, 2.75) is 0 Å². The highest BCUT2D eigenvalue weighted by Gasteiger charge is 2.12. The first-order chi connectivity index (χ1) is 12.5. The molecule has 1 amide bonds. The average Bonchev–Trinajstić information content (AvgIpc) is 3.17. The van der Waals surface area contributed by atoms with Gasteiger partial charge in [-0.1, -0.05) is 23.2 Å². The Morgan fingerprint density at radius 3 is 2.38 bits per heavy atom. The van der Waals surface area contributed by atoms with Gasteiger partial charge in [-0.15, -0.1) is 0 Å². The fourth-order valence-corrected chi connectivity index (χ4v) is 2.61. The van der Waals surface area contributed by atoms with E-state index < -0.39 is 18.5 Å². The van der Waals surface area contributed by atoms with E-state index in [0.29, 0.717) is 21.3 Å². The van der Waals surface area contributed by atoms with Crippen molar-refractivity contribution >= 4 is 40.8 Å². The number of halogens is 2. The normalized spacial score (nSPS) is 10.4. The molecule has 3 rings (SSSR count). The Hall–Kier alpha value is -2.76. The van der Waals surface area contributed by atoms with E-state index in [1.54, 1.807) is 36.4 Å². The maximum atomic E-state index is 12.1. The van der Waals surface area contributed by atoms with Crippen LogP contribution in [0.3, 0.4) is 0 Å². The third-order valence-corrected chi connectivity index (χ3v) is 4.11. The van der Waals surface area contributed by atoms with Gasteiger partial charge in [0.1, 0.15) is 0 Å². The largest absolute Gasteiger partial charge is 0.452 e. The Labute approximate surface area is 160 Å². The van der Waals surface area contributed by atoms with E-state index in [1.165, 1.54) is 6.07 Å². The zero-order valence-corrected chi connectivity index (χ0v) is 15.0. The summed E-state index contributed by atoms with van der Waals surface area (Å²) in [5, 5.41) is 3.33. The van der Waals surface area contributed by atoms with Gasteiger partial charge in [0.2, 0.25) is 0 Å². The van der Waals surface area contributed by atoms with Crippen LogP contribution >= 0.6 is 23.2 Å². The van der Waals surface area contributed by atoms with Crippen LogP contribution in [0.2, 0.25) is 10.0 Å². The minimum atomic E-state index is -0.587. The summed E-state index contributed by atoms with van der Waals surface area (Å²) in [6.45, 7) is -0.430. The lowest BCUT2D eigenvalue weighted by molar-refractivity contribution is -0.119. The van der Waals surface area contributed by atoms with Crippen LogP contribution in [-0.2, 0) is 9.53 Å². The molecule has 0 saturated carbocycles. The molecular weight excluding hydrogens is 375 g/mol. The lowest BCUT2D eigenvalue weighted by Crippen LogP contribution is -2.21. The lowest BCUT2D eigenvalue weighted by Gasteiger charge is -2.09. The van der Waals surface area contributed by atoms with Gasteiger partial charge < -0.3 is 14.6 Å². The van der Waals surface area contributed by atoms with Crippen LogP contribution in [0, 0.1) is 0 Å². The maximum Gasteiger partial charge on any atom is 0.338 e. The predicted octanol–water partition coefficient (Wildman–Crippen LogP) is 4.58. The Kier molecular flexibility index (Phi) is 5.61. The molecule has 3 aromatic rings. The molecular formula is C19H14Cl2N2O3. The number of anilines is 1. The second-order valence-electron chi connectivity index (χ2n) is 5.39. The molecule has 0 aliphatic carbocycles. The van der Waals surface area contributed by atoms with Gasteiger partial charge in [0.15, 0.2) is 6.61 Å². The average molecular weight is 389 g/mol. The van der Waals surface area contributed by atoms with Crippen molar-refractivity contribution in [3.05, 3.63) is 82.6 Å². The molecule has 1 heterocycles. The Morgan fingerprint density at radius 1 is 1.00 bits per heavy atom. The van der Waals surface area contributed by atoms with Gasteiger partial charge in [-0.05, 0) is 54.6 Å². The number of carbonyl (C=O) groups is 2. The van der Waals surface area contributed by atoms with Gasteiger partial charge in [0, 0.05) is 23.1 Å². The van der Waals surface area contributed by atoms with Crippen molar-refractivity contribution < 1.29 is 14.3 Å². The number of nitrogens with zero attached hydrogens (tertiary/aromatic N) is 1. The van der Waals surface area contributed by atoms with Crippen LogP contribution in [0.25, 0.3) is 5.69 Å². The number of nitrogens with one attached hydrogen (secondary N) is 1. The summed E-state index contributed by atoms with van der Waals surface area (Å²) >= 11 is 11.8. The first-order valence-electron chi connectivity index (χ1n) is 7.68. The Morgan fingerprint density at radius 2 is 1.69 bits per heavy atom. The SMILES string of the molecule is O=C(COC(=O)c1ccc(-n2cccc2)cc1)Nc1cc(Cl)ccc1Cl. The number of amides is 1. The third kappa shape index (κ3) is 4.45. The van der Waals surface area contributed by atoms with Gasteiger partial charge in [0.25, 0.3) is 5.91 Å². The molecule has 132 valence electrons. The van der Waals surface area contributed by atoms with Gasteiger partial charge in [0.05, 0.1) is 16.3 Å². The summed E-state index contributed by atoms with van der Waals surface area (Å²) in [5.41, 5.74) is 1.63. The van der Waals surface area contributed by atoms with Gasteiger partial charge in [-0.25, -0.2) is 4.79 Å². The van der Waals surface area contributed by atoms with Crippen LogP contribution in [0.5, 0.6) is 0 Å². The zero-order valence-electron chi connectivity index (χ0n) is 13.5. The Balaban J connectivity index is 1.56. The summed E-state index contributed by atoms with van der Waals surface area (Å²) in [6, 6.07) is 15.4. The fourth-order valence-electron chi connectivity index (χ4n) is 2.27. The van der Waals surface area contributed by atoms with E-state index >= 15 is 0 Å². The molecule has 0 spiro atoms. The molecule has 0 bridgehead atoms. The molecule has 5 nitrogen and oxygen atoms in total. The molecule has 0 unspecified atom stereocenters. The molecule has 7 heteroatoms. The van der Waals surface area contributed by atoms with Gasteiger partial charge >= 0.3 is 5.97 Å². The zero-order chi connectivity index (χ0) is 18.5. The number of rotatable bonds is 5. The first-order valence-corrected chi connectivity index (χ1v) is 8.44. The number of benzene rings is 2. The predicted molar refractivity (Wildman–Crippen MR) is 101 cm³/mol. The van der Waals surface area contributed by atoms with E-state index in [-0.39, 0.29) is 0 Å². The van der Waals surface area contributed by atoms with Crippen LogP contribution < -0.4 is 5.32 Å². The number of ether oxygens (including phenoxy) is 1. The summed E-state index contributed by atoms with van der Waals surface area (Å²) < 4.78 is 6.94. The van der Waals surface area contributed by atoms with Crippen molar-refractivity contribution in [2.75, 3.05) is 11.9 Å². The monoisotopic (exact) mass is 388 g/mol. The van der Waals surface area contributed by atoms with Crippen LogP contribution in [0.15, 0.2) is 67.0 Å². The van der Waals surface area contributed by atoms with E-state index in [0.717, 1.165) is 5.69 Å². The summed E-state index contributed by atoms with van der Waals surface area (Å²) in [5.74, 6) is -1.09. The molecule has 0 atom stereocenters. The van der Waals surface area contributed by atoms with Crippen molar-refractivity contribution in [1.82, 2.24) is 4.57 Å². The van der Waals surface area contributed by atoms with E-state index in [1.807, 2.05) is 29.1 Å². The molecule has 0 aliphatic heterocycles. The number of hydrogen-bond acceptors (Lipinski definition) is 3. The highest BCUT2D eigenvalue weighted by Crippen LogP contribution is 2.25. The minimum absolute atomic E-state index is 0.342.